The second-order valence-corrected chi connectivity index (χ2v) is 34.0. The van der Waals surface area contributed by atoms with E-state index in [1.54, 1.807) is 12.4 Å². The summed E-state index contributed by atoms with van der Waals surface area (Å²) in [6.07, 6.45) is 29.9. The number of fused-ring (bicyclic) bond motifs is 8. The second-order valence-electron chi connectivity index (χ2n) is 34.0. The molecule has 0 spiro atoms. The number of hydrogen-bond donors (Lipinski definition) is 12. The van der Waals surface area contributed by atoms with Crippen molar-refractivity contribution in [2.45, 2.75) is 103 Å². The highest BCUT2D eigenvalue weighted by Crippen LogP contribution is 2.38. The van der Waals surface area contributed by atoms with Gasteiger partial charge < -0.3 is 41.2 Å². The quantitative estimate of drug-likeness (QED) is 0.0337. The van der Waals surface area contributed by atoms with Gasteiger partial charge >= 0.3 is 0 Å². The lowest BCUT2D eigenvalue weighted by Crippen LogP contribution is -2.24. The summed E-state index contributed by atoms with van der Waals surface area (Å²) < 4.78 is 0. The minimum absolute atomic E-state index is 0.0962. The summed E-state index contributed by atoms with van der Waals surface area (Å²) in [5.74, 6) is 4.25. The van der Waals surface area contributed by atoms with Crippen molar-refractivity contribution < 1.29 is 9.59 Å². The zero-order valence-electron chi connectivity index (χ0n) is 71.4. The SMILES string of the molecule is O=C(Nc1cncc(-c2ccc3[nH]nc(-c4nc5ccccc5[nH]4)c3c2)c1)C1CCCC1.O=C(Nc1cncc(-c2ccc3[nH]nc(-c4nc5ccccc5[nH]4)c3c2)c1)C1CCCCC1.c1ccc(CNCc2cncc(-c3ccc4[nH]nc(-c5nc6ccccc6[nH]5)c4c3)c2)cc1.c1ccc2[nH]c(-c3n[nH]c4ccc(-c5cncc(CNCC6CCCC6)c5)cc34)nc2c1. The number of hydrogen-bond acceptors (Lipinski definition) is 16. The Kier molecular flexibility index (Phi) is 23.1. The van der Waals surface area contributed by atoms with E-state index in [0.29, 0.717) is 0 Å². The first-order chi connectivity index (χ1) is 64.1. The first kappa shape index (κ1) is 81.3. The standard InChI is InChI=1S/C27H22N6.C26H24N6O.C26H26N6.C25H22N6O/c1-2-6-18(7-3-1)14-28-15-19-12-21(17-29-16-19)20-10-11-23-22(13-20)26(33-32-23)27-30-24-8-4-5-9-25(24)31-27;33-26(16-6-2-1-3-7-16)28-19-12-18(14-27-15-19)17-10-11-21-20(13-17)24(32-31-21)25-29-22-8-4-5-9-23(22)30-25;1-2-6-17(5-1)13-27-14-18-11-20(16-28-15-18)19-9-10-22-21(12-19)25(32-31-22)26-29-23-7-3-4-8-24(23)30-26;32-25(15-5-1-2-6-15)27-18-11-17(13-26-14-18)16-9-10-20-19(12-16)23(31-30-20)24-28-21-7-3-4-8-22(21)29-24/h1-13,16-17,28H,14-15H2,(H,30,31)(H,32,33);4-5,8-16H,1-3,6-7H2,(H,28,33)(H,29,30)(H,31,32);3-4,7-12,15-17,27H,1-2,5-6,13-14H2,(H,29,30)(H,31,32);3-4,7-15H,1-2,5-6H2,(H,27,32)(H,28,29)(H,30,31). The molecule has 26 heteroatoms. The summed E-state index contributed by atoms with van der Waals surface area (Å²) in [5.41, 5.74) is 28.1. The predicted octanol–water partition coefficient (Wildman–Crippen LogP) is 21.9. The number of H-pyrrole nitrogens is 8. The molecule has 24 rings (SSSR count). The van der Waals surface area contributed by atoms with Gasteiger partial charge in [0.2, 0.25) is 11.8 Å². The number of aromatic nitrogens is 20. The van der Waals surface area contributed by atoms with Crippen molar-refractivity contribution in [2.75, 3.05) is 17.2 Å². The molecule has 3 saturated carbocycles. The van der Waals surface area contributed by atoms with Crippen LogP contribution >= 0.6 is 0 Å². The van der Waals surface area contributed by atoms with Crippen LogP contribution in [0, 0.1) is 17.8 Å². The Morgan fingerprint density at radius 2 is 0.600 bits per heavy atom. The molecule has 21 aromatic rings. The van der Waals surface area contributed by atoms with Crippen LogP contribution in [-0.2, 0) is 29.2 Å². The van der Waals surface area contributed by atoms with Crippen LogP contribution in [0.25, 0.3) is 178 Å². The molecule has 642 valence electrons. The van der Waals surface area contributed by atoms with Crippen LogP contribution in [0.15, 0.2) is 274 Å². The normalized spacial score (nSPS) is 13.8. The number of nitrogens with one attached hydrogen (secondary N) is 12. The van der Waals surface area contributed by atoms with E-state index in [4.69, 9.17) is 19.9 Å². The van der Waals surface area contributed by atoms with Gasteiger partial charge in [-0.25, -0.2) is 19.9 Å². The molecule has 0 radical (unpaired) electrons. The van der Waals surface area contributed by atoms with Gasteiger partial charge in [0.25, 0.3) is 0 Å². The molecule has 2 amide bonds. The number of aromatic amines is 8. The van der Waals surface area contributed by atoms with E-state index in [-0.39, 0.29) is 23.7 Å². The molecule has 3 aliphatic rings. The van der Waals surface area contributed by atoms with Crippen molar-refractivity contribution in [3.63, 3.8) is 0 Å². The van der Waals surface area contributed by atoms with E-state index in [1.807, 2.05) is 177 Å². The number of carbonyl (C=O) groups excluding carboxylic acids is 2. The lowest BCUT2D eigenvalue weighted by Gasteiger charge is -2.20. The Morgan fingerprint density at radius 1 is 0.285 bits per heavy atom. The number of para-hydroxylation sites is 8. The molecular formula is C104H94N24O2. The Hall–Kier alpha value is -15.8. The van der Waals surface area contributed by atoms with Crippen LogP contribution in [0.2, 0.25) is 0 Å². The zero-order valence-corrected chi connectivity index (χ0v) is 71.4. The molecule has 0 saturated heterocycles. The Balaban J connectivity index is 0.000000105. The van der Waals surface area contributed by atoms with Gasteiger partial charge in [0, 0.05) is 112 Å². The van der Waals surface area contributed by atoms with E-state index in [2.05, 4.69) is 187 Å². The van der Waals surface area contributed by atoms with Gasteiger partial charge in [0.1, 0.15) is 22.8 Å². The summed E-state index contributed by atoms with van der Waals surface area (Å²) in [6, 6.07) is 75.7. The molecule has 0 bridgehead atoms. The fourth-order valence-electron chi connectivity index (χ4n) is 18.2. The van der Waals surface area contributed by atoms with Crippen molar-refractivity contribution in [1.82, 2.24) is 111 Å². The van der Waals surface area contributed by atoms with Gasteiger partial charge in [-0.1, -0.05) is 148 Å². The second kappa shape index (κ2) is 37.0. The van der Waals surface area contributed by atoms with Gasteiger partial charge in [-0.15, -0.1) is 0 Å². The first-order valence-electron chi connectivity index (χ1n) is 44.8. The highest BCUT2D eigenvalue weighted by Gasteiger charge is 2.26. The van der Waals surface area contributed by atoms with Crippen molar-refractivity contribution in [3.8, 4) is 90.6 Å². The molecular weight excluding hydrogens is 1620 g/mol. The molecule has 9 aromatic carbocycles. The molecule has 0 aliphatic heterocycles. The minimum Gasteiger partial charge on any atom is -0.337 e. The number of carbonyl (C=O) groups is 2. The third kappa shape index (κ3) is 17.9. The van der Waals surface area contributed by atoms with Gasteiger partial charge in [-0.3, -0.25) is 49.9 Å². The largest absolute Gasteiger partial charge is 0.337 e. The van der Waals surface area contributed by atoms with Crippen molar-refractivity contribution in [3.05, 3.63) is 291 Å². The number of amides is 2. The molecule has 130 heavy (non-hydrogen) atoms. The third-order valence-corrected chi connectivity index (χ3v) is 25.1. The van der Waals surface area contributed by atoms with Gasteiger partial charge in [-0.2, -0.15) is 20.4 Å². The lowest BCUT2D eigenvalue weighted by atomic mass is 9.88. The smallest absolute Gasteiger partial charge is 0.227 e. The summed E-state index contributed by atoms with van der Waals surface area (Å²) in [5, 5.41) is 47.8. The Morgan fingerprint density at radius 3 is 0.969 bits per heavy atom. The summed E-state index contributed by atoms with van der Waals surface area (Å²) >= 11 is 0. The number of benzene rings is 9. The molecule has 12 heterocycles. The fraction of sp³-hybridized carbons (Fsp3) is 0.192. The van der Waals surface area contributed by atoms with Gasteiger partial charge in [0.15, 0.2) is 23.3 Å². The van der Waals surface area contributed by atoms with Crippen LogP contribution in [0.4, 0.5) is 11.4 Å². The number of imidazole rings is 4. The van der Waals surface area contributed by atoms with E-state index in [9.17, 15) is 9.59 Å². The van der Waals surface area contributed by atoms with Crippen LogP contribution in [0.3, 0.4) is 0 Å². The Labute approximate surface area is 746 Å². The van der Waals surface area contributed by atoms with Gasteiger partial charge in [-0.05, 0) is 211 Å². The number of anilines is 2. The Bertz CT molecular complexity index is 7490. The van der Waals surface area contributed by atoms with Crippen molar-refractivity contribution in [1.29, 1.82) is 0 Å². The molecule has 12 N–H and O–H groups in total. The average molecular weight is 1710 g/mol. The monoisotopic (exact) mass is 1710 g/mol. The van der Waals surface area contributed by atoms with Crippen LogP contribution in [0.5, 0.6) is 0 Å². The van der Waals surface area contributed by atoms with Crippen LogP contribution in [-0.4, -0.2) is 119 Å². The maximum atomic E-state index is 12.7. The molecule has 26 nitrogen and oxygen atoms in total. The fourth-order valence-corrected chi connectivity index (χ4v) is 18.2. The average Bonchev–Trinajstić information content (AvgIpc) is 1.64. The molecule has 0 atom stereocenters. The van der Waals surface area contributed by atoms with Crippen molar-refractivity contribution in [2.24, 2.45) is 17.8 Å². The third-order valence-electron chi connectivity index (χ3n) is 25.1. The molecule has 3 aliphatic carbocycles. The van der Waals surface area contributed by atoms with E-state index in [1.165, 1.54) is 43.2 Å². The van der Waals surface area contributed by atoms with Gasteiger partial charge in [0.05, 0.1) is 90.0 Å². The highest BCUT2D eigenvalue weighted by molar-refractivity contribution is 6.01. The van der Waals surface area contributed by atoms with E-state index < -0.39 is 0 Å². The van der Waals surface area contributed by atoms with Crippen LogP contribution < -0.4 is 21.3 Å². The van der Waals surface area contributed by atoms with E-state index in [0.717, 1.165) is 279 Å². The maximum Gasteiger partial charge on any atom is 0.227 e. The number of rotatable bonds is 20. The number of nitrogens with zero attached hydrogens (tertiary/aromatic N) is 12. The number of pyridine rings is 4. The van der Waals surface area contributed by atoms with Crippen molar-refractivity contribution >= 4 is 111 Å². The highest BCUT2D eigenvalue weighted by atomic mass is 16.2. The lowest BCUT2D eigenvalue weighted by molar-refractivity contribution is -0.121. The molecule has 12 aromatic heterocycles. The topological polar surface area (TPSA) is 363 Å². The first-order valence-corrected chi connectivity index (χ1v) is 44.8. The zero-order chi connectivity index (χ0) is 87.1. The predicted molar refractivity (Wildman–Crippen MR) is 514 cm³/mol. The summed E-state index contributed by atoms with van der Waals surface area (Å²) in [6.45, 7) is 3.54. The summed E-state index contributed by atoms with van der Waals surface area (Å²) in [7, 11) is 0. The maximum absolute atomic E-state index is 12.7. The molecule has 0 unspecified atom stereocenters. The van der Waals surface area contributed by atoms with Crippen LogP contribution in [0.1, 0.15) is 100 Å². The van der Waals surface area contributed by atoms with E-state index >= 15 is 0 Å². The summed E-state index contributed by atoms with van der Waals surface area (Å²) in [4.78, 5) is 75.2. The minimum atomic E-state index is 0.0962. The molecule has 3 fully saturated rings.